The first-order valence-electron chi connectivity index (χ1n) is 8.59. The molecule has 0 aliphatic carbocycles. The third kappa shape index (κ3) is 4.86. The minimum Gasteiger partial charge on any atom is -0.393 e. The lowest BCUT2D eigenvalue weighted by molar-refractivity contribution is 0.101. The lowest BCUT2D eigenvalue weighted by Gasteiger charge is -2.13. The molecule has 0 radical (unpaired) electrons. The van der Waals surface area contributed by atoms with Crippen LogP contribution in [0.15, 0.2) is 59.8 Å². The number of nitrogens with zero attached hydrogens (tertiary/aromatic N) is 2. The summed E-state index contributed by atoms with van der Waals surface area (Å²) in [5.74, 6) is 0.344. The van der Waals surface area contributed by atoms with Crippen LogP contribution in [0.4, 0.5) is 23.0 Å². The molecule has 9 nitrogen and oxygen atoms in total. The average Bonchev–Trinajstić information content (AvgIpc) is 2.69. The van der Waals surface area contributed by atoms with Gasteiger partial charge < -0.3 is 11.1 Å². The van der Waals surface area contributed by atoms with Crippen molar-refractivity contribution in [1.29, 1.82) is 0 Å². The summed E-state index contributed by atoms with van der Waals surface area (Å²) in [7, 11) is -3.81. The Labute approximate surface area is 168 Å². The highest BCUT2D eigenvalue weighted by Gasteiger charge is 2.15. The summed E-state index contributed by atoms with van der Waals surface area (Å²) in [5.41, 5.74) is 10.9. The Hall–Kier alpha value is -3.50. The van der Waals surface area contributed by atoms with Crippen molar-refractivity contribution in [3.05, 3.63) is 66.0 Å². The number of benzene rings is 2. The van der Waals surface area contributed by atoms with Gasteiger partial charge in [0.2, 0.25) is 0 Å². The van der Waals surface area contributed by atoms with E-state index in [1.165, 1.54) is 25.4 Å². The maximum Gasteiger partial charge on any atom is 0.257 e. The van der Waals surface area contributed by atoms with Crippen LogP contribution in [-0.4, -0.2) is 24.2 Å². The number of nitrogens with two attached hydrogens (primary N) is 1. The molecule has 0 aliphatic rings. The van der Waals surface area contributed by atoms with Crippen LogP contribution in [0.5, 0.6) is 0 Å². The number of rotatable bonds is 7. The van der Waals surface area contributed by atoms with Gasteiger partial charge >= 0.3 is 0 Å². The monoisotopic (exact) mass is 412 g/mol. The Kier molecular flexibility index (Phi) is 5.76. The highest BCUT2D eigenvalue weighted by Crippen LogP contribution is 2.25. The van der Waals surface area contributed by atoms with Crippen molar-refractivity contribution in [3.8, 4) is 0 Å². The van der Waals surface area contributed by atoms with Crippen LogP contribution < -0.4 is 21.3 Å². The van der Waals surface area contributed by atoms with E-state index in [-0.39, 0.29) is 28.0 Å². The van der Waals surface area contributed by atoms with Crippen LogP contribution in [0.3, 0.4) is 0 Å². The molecule has 0 fully saturated rings. The van der Waals surface area contributed by atoms with E-state index in [1.807, 2.05) is 6.92 Å². The van der Waals surface area contributed by atoms with Crippen LogP contribution in [0, 0.1) is 6.92 Å². The predicted molar refractivity (Wildman–Crippen MR) is 111 cm³/mol. The maximum atomic E-state index is 12.4. The quantitative estimate of drug-likeness (QED) is 0.343. The molecule has 1 aromatic heterocycles. The summed E-state index contributed by atoms with van der Waals surface area (Å²) in [6, 6.07) is 13.2. The normalized spacial score (nSPS) is 11.1. The van der Waals surface area contributed by atoms with E-state index in [9.17, 15) is 13.2 Å². The van der Waals surface area contributed by atoms with Gasteiger partial charge in [0.25, 0.3) is 10.0 Å². The third-order valence-electron chi connectivity index (χ3n) is 4.07. The molecular formula is C19H20N6O3S. The van der Waals surface area contributed by atoms with E-state index in [0.29, 0.717) is 11.3 Å². The number of hydrazine groups is 1. The Morgan fingerprint density at radius 3 is 2.21 bits per heavy atom. The third-order valence-corrected chi connectivity index (χ3v) is 5.34. The highest BCUT2D eigenvalue weighted by molar-refractivity contribution is 7.89. The van der Waals surface area contributed by atoms with E-state index in [0.717, 1.165) is 5.56 Å². The van der Waals surface area contributed by atoms with Crippen LogP contribution in [0.25, 0.3) is 0 Å². The Morgan fingerprint density at radius 1 is 0.966 bits per heavy atom. The fraction of sp³-hybridized carbons (Fsp3) is 0.105. The molecule has 0 atom stereocenters. The number of aryl methyl sites for hydroxylation is 1. The molecule has 10 heteroatoms. The highest BCUT2D eigenvalue weighted by atomic mass is 32.2. The number of carbonyl (C=O) groups excluding carboxylic acids is 1. The minimum atomic E-state index is -3.81. The lowest BCUT2D eigenvalue weighted by Crippen LogP contribution is -2.30. The molecule has 150 valence electrons. The second-order valence-electron chi connectivity index (χ2n) is 6.29. The molecule has 0 aliphatic heterocycles. The fourth-order valence-corrected chi connectivity index (χ4v) is 3.25. The molecule has 0 unspecified atom stereocenters. The van der Waals surface area contributed by atoms with E-state index in [2.05, 4.69) is 25.5 Å². The summed E-state index contributed by atoms with van der Waals surface area (Å²) in [6.45, 7) is 3.35. The minimum absolute atomic E-state index is 0.0366. The van der Waals surface area contributed by atoms with Crippen molar-refractivity contribution in [3.63, 3.8) is 0 Å². The largest absolute Gasteiger partial charge is 0.393 e. The maximum absolute atomic E-state index is 12.4. The average molecular weight is 412 g/mol. The zero-order valence-corrected chi connectivity index (χ0v) is 16.6. The first-order chi connectivity index (χ1) is 13.8. The smallest absolute Gasteiger partial charge is 0.257 e. The lowest BCUT2D eigenvalue weighted by atomic mass is 10.1. The van der Waals surface area contributed by atoms with Gasteiger partial charge in [-0.25, -0.2) is 18.4 Å². The molecule has 3 rings (SSSR count). The van der Waals surface area contributed by atoms with Gasteiger partial charge in [0.15, 0.2) is 17.4 Å². The zero-order valence-electron chi connectivity index (χ0n) is 15.8. The molecule has 0 saturated heterocycles. The summed E-state index contributed by atoms with van der Waals surface area (Å²) in [6.07, 6.45) is 1.24. The summed E-state index contributed by atoms with van der Waals surface area (Å²) in [4.78, 5) is 21.8. The molecule has 0 spiro atoms. The molecule has 2 aromatic carbocycles. The molecule has 0 bridgehead atoms. The molecule has 29 heavy (non-hydrogen) atoms. The van der Waals surface area contributed by atoms with Gasteiger partial charge in [-0.2, -0.15) is 0 Å². The second kappa shape index (κ2) is 8.25. The number of sulfonamides is 1. The SMILES string of the molecule is CC(=O)c1ccc(Nc2ncnc(NNS(=O)(=O)c3ccc(C)cc3)c2N)cc1. The second-order valence-corrected chi connectivity index (χ2v) is 7.97. The molecule has 3 aromatic rings. The number of anilines is 4. The van der Waals surface area contributed by atoms with Crippen molar-refractivity contribution in [1.82, 2.24) is 14.8 Å². The van der Waals surface area contributed by atoms with Crippen molar-refractivity contribution < 1.29 is 13.2 Å². The van der Waals surface area contributed by atoms with E-state index < -0.39 is 10.0 Å². The van der Waals surface area contributed by atoms with Crippen molar-refractivity contribution in [2.75, 3.05) is 16.5 Å². The number of hydrogen-bond acceptors (Lipinski definition) is 8. The van der Waals surface area contributed by atoms with Crippen LogP contribution in [0.1, 0.15) is 22.8 Å². The first kappa shape index (κ1) is 20.2. The van der Waals surface area contributed by atoms with E-state index in [4.69, 9.17) is 5.73 Å². The van der Waals surface area contributed by atoms with Crippen molar-refractivity contribution >= 4 is 38.8 Å². The Morgan fingerprint density at radius 2 is 1.59 bits per heavy atom. The van der Waals surface area contributed by atoms with E-state index in [1.54, 1.807) is 36.4 Å². The first-order valence-corrected chi connectivity index (χ1v) is 10.1. The van der Waals surface area contributed by atoms with Gasteiger partial charge in [-0.05, 0) is 50.2 Å². The molecule has 0 saturated carbocycles. The Balaban J connectivity index is 1.74. The van der Waals surface area contributed by atoms with Crippen LogP contribution >= 0.6 is 0 Å². The zero-order chi connectivity index (χ0) is 21.0. The summed E-state index contributed by atoms with van der Waals surface area (Å²) >= 11 is 0. The van der Waals surface area contributed by atoms with Crippen molar-refractivity contribution in [2.24, 2.45) is 0 Å². The van der Waals surface area contributed by atoms with Gasteiger partial charge in [0, 0.05) is 11.3 Å². The van der Waals surface area contributed by atoms with Gasteiger partial charge in [0.05, 0.1) is 4.90 Å². The number of nitrogens with one attached hydrogen (secondary N) is 3. The van der Waals surface area contributed by atoms with E-state index >= 15 is 0 Å². The number of aromatic nitrogens is 2. The van der Waals surface area contributed by atoms with Gasteiger partial charge in [0.1, 0.15) is 12.0 Å². The fourth-order valence-electron chi connectivity index (χ4n) is 2.41. The van der Waals surface area contributed by atoms with Gasteiger partial charge in [-0.15, -0.1) is 4.83 Å². The Bertz CT molecular complexity index is 1130. The standard InChI is InChI=1S/C19H20N6O3S/c1-12-3-9-16(10-4-12)29(27,28)25-24-19-17(20)18(21-11-22-19)23-15-7-5-14(6-8-15)13(2)26/h3-11,25H,20H2,1-2H3,(H2,21,22,23,24). The molecule has 0 amide bonds. The summed E-state index contributed by atoms with van der Waals surface area (Å²) in [5, 5.41) is 3.01. The number of ketones is 1. The number of nitrogen functional groups attached to an aromatic ring is 1. The number of hydrogen-bond donors (Lipinski definition) is 4. The van der Waals surface area contributed by atoms with Crippen LogP contribution in [-0.2, 0) is 10.0 Å². The molecular weight excluding hydrogens is 392 g/mol. The number of carbonyl (C=O) groups is 1. The summed E-state index contributed by atoms with van der Waals surface area (Å²) < 4.78 is 24.8. The molecule has 5 N–H and O–H groups in total. The number of Topliss-reactive ketones (excluding diaryl/α,β-unsaturated/α-hetero) is 1. The predicted octanol–water partition coefficient (Wildman–Crippen LogP) is 2.62. The topological polar surface area (TPSA) is 139 Å². The molecule has 1 heterocycles. The van der Waals surface area contributed by atoms with Gasteiger partial charge in [-0.3, -0.25) is 10.2 Å². The van der Waals surface area contributed by atoms with Crippen LogP contribution in [0.2, 0.25) is 0 Å². The van der Waals surface area contributed by atoms with Crippen molar-refractivity contribution in [2.45, 2.75) is 18.7 Å². The van der Waals surface area contributed by atoms with Gasteiger partial charge in [-0.1, -0.05) is 17.7 Å².